The third-order valence-electron chi connectivity index (χ3n) is 1.85. The fourth-order valence-electron chi connectivity index (χ4n) is 0.916. The maximum atomic E-state index is 11.0. The van der Waals surface area contributed by atoms with E-state index in [0.717, 1.165) is 13.0 Å². The second kappa shape index (κ2) is 3.01. The second-order valence-electron chi connectivity index (χ2n) is 2.93. The fourth-order valence-corrected chi connectivity index (χ4v) is 0.916. The Balaban J connectivity index is 2.17. The molecule has 1 N–H and O–H groups in total. The Bertz CT molecular complexity index is 130. The maximum absolute atomic E-state index is 11.0. The second-order valence-corrected chi connectivity index (χ2v) is 2.93. The first-order valence-electron chi connectivity index (χ1n) is 3.63. The van der Waals surface area contributed by atoms with Crippen molar-refractivity contribution in [3.05, 3.63) is 0 Å². The van der Waals surface area contributed by atoms with Crippen molar-refractivity contribution in [3.63, 3.8) is 0 Å². The SMILES string of the molecule is CN(C)C(=O)C[C@H]1CCN1. The Morgan fingerprint density at radius 3 is 2.60 bits per heavy atom. The van der Waals surface area contributed by atoms with Gasteiger partial charge in [0.1, 0.15) is 0 Å². The molecule has 3 heteroatoms. The van der Waals surface area contributed by atoms with Gasteiger partial charge in [-0.2, -0.15) is 0 Å². The van der Waals surface area contributed by atoms with Crippen molar-refractivity contribution in [2.75, 3.05) is 20.6 Å². The Labute approximate surface area is 61.4 Å². The van der Waals surface area contributed by atoms with Crippen LogP contribution in [0.15, 0.2) is 0 Å². The molecule has 58 valence electrons. The van der Waals surface area contributed by atoms with Gasteiger partial charge in [-0.25, -0.2) is 0 Å². The summed E-state index contributed by atoms with van der Waals surface area (Å²) < 4.78 is 0. The van der Waals surface area contributed by atoms with Crippen LogP contribution in [-0.4, -0.2) is 37.5 Å². The van der Waals surface area contributed by atoms with Crippen LogP contribution in [0.5, 0.6) is 0 Å². The molecule has 0 aromatic heterocycles. The van der Waals surface area contributed by atoms with Crippen LogP contribution in [0.25, 0.3) is 0 Å². The van der Waals surface area contributed by atoms with E-state index in [1.807, 2.05) is 0 Å². The van der Waals surface area contributed by atoms with Gasteiger partial charge in [0.15, 0.2) is 0 Å². The third-order valence-corrected chi connectivity index (χ3v) is 1.85. The molecule has 1 saturated heterocycles. The topological polar surface area (TPSA) is 32.3 Å². The molecule has 1 fully saturated rings. The van der Waals surface area contributed by atoms with E-state index in [1.54, 1.807) is 19.0 Å². The number of carbonyl (C=O) groups is 1. The number of amides is 1. The highest BCUT2D eigenvalue weighted by atomic mass is 16.2. The molecule has 0 spiro atoms. The molecule has 1 atom stereocenters. The molecule has 1 amide bonds. The molecule has 1 aliphatic heterocycles. The molecular formula is C7H14N2O. The Kier molecular flexibility index (Phi) is 2.27. The molecule has 0 aromatic carbocycles. The monoisotopic (exact) mass is 142 g/mol. The highest BCUT2D eigenvalue weighted by Crippen LogP contribution is 2.06. The first kappa shape index (κ1) is 7.54. The van der Waals surface area contributed by atoms with Crippen molar-refractivity contribution in [1.29, 1.82) is 0 Å². The highest BCUT2D eigenvalue weighted by Gasteiger charge is 2.20. The molecule has 10 heavy (non-hydrogen) atoms. The predicted molar refractivity (Wildman–Crippen MR) is 39.7 cm³/mol. The molecule has 0 bridgehead atoms. The van der Waals surface area contributed by atoms with Crippen LogP contribution in [0.3, 0.4) is 0 Å². The van der Waals surface area contributed by atoms with Crippen molar-refractivity contribution in [1.82, 2.24) is 10.2 Å². The van der Waals surface area contributed by atoms with Gasteiger partial charge in [-0.05, 0) is 13.0 Å². The molecule has 0 saturated carbocycles. The van der Waals surface area contributed by atoms with Gasteiger partial charge in [0.05, 0.1) is 0 Å². The smallest absolute Gasteiger partial charge is 0.223 e. The first-order valence-corrected chi connectivity index (χ1v) is 3.63. The van der Waals surface area contributed by atoms with Crippen molar-refractivity contribution in [2.24, 2.45) is 0 Å². The Hall–Kier alpha value is -0.570. The number of hydrogen-bond donors (Lipinski definition) is 1. The van der Waals surface area contributed by atoms with Crippen molar-refractivity contribution in [2.45, 2.75) is 18.9 Å². The standard InChI is InChI=1S/C7H14N2O/c1-9(2)7(10)5-6-3-4-8-6/h6,8H,3-5H2,1-2H3/t6-/m1/s1. The summed E-state index contributed by atoms with van der Waals surface area (Å²) in [5.74, 6) is 0.220. The third kappa shape index (κ3) is 1.70. The molecule has 1 aliphatic rings. The molecule has 0 radical (unpaired) electrons. The van der Waals surface area contributed by atoms with Gasteiger partial charge in [-0.15, -0.1) is 0 Å². The molecule has 0 aliphatic carbocycles. The molecule has 3 nitrogen and oxygen atoms in total. The number of nitrogens with zero attached hydrogens (tertiary/aromatic N) is 1. The van der Waals surface area contributed by atoms with E-state index < -0.39 is 0 Å². The average Bonchev–Trinajstić information content (AvgIpc) is 1.77. The number of carbonyl (C=O) groups excluding carboxylic acids is 1. The van der Waals surface area contributed by atoms with Gasteiger partial charge in [0, 0.05) is 26.6 Å². The van der Waals surface area contributed by atoms with Crippen LogP contribution in [0, 0.1) is 0 Å². The zero-order valence-electron chi connectivity index (χ0n) is 6.55. The van der Waals surface area contributed by atoms with Gasteiger partial charge >= 0.3 is 0 Å². The molecule has 0 unspecified atom stereocenters. The van der Waals surface area contributed by atoms with Crippen LogP contribution < -0.4 is 5.32 Å². The van der Waals surface area contributed by atoms with Gasteiger partial charge in [0.2, 0.25) is 5.91 Å². The quantitative estimate of drug-likeness (QED) is 0.580. The minimum atomic E-state index is 0.220. The van der Waals surface area contributed by atoms with Crippen molar-refractivity contribution in [3.8, 4) is 0 Å². The predicted octanol–water partition coefficient (Wildman–Crippen LogP) is -0.173. The first-order chi connectivity index (χ1) is 4.70. The minimum absolute atomic E-state index is 0.220. The minimum Gasteiger partial charge on any atom is -0.349 e. The lowest BCUT2D eigenvalue weighted by Crippen LogP contribution is -2.45. The number of hydrogen-bond acceptors (Lipinski definition) is 2. The summed E-state index contributed by atoms with van der Waals surface area (Å²) in [6.07, 6.45) is 1.81. The Morgan fingerprint density at radius 1 is 1.70 bits per heavy atom. The van der Waals surface area contributed by atoms with Gasteiger partial charge in [-0.3, -0.25) is 4.79 Å². The normalized spacial score (nSPS) is 23.6. The maximum Gasteiger partial charge on any atom is 0.223 e. The summed E-state index contributed by atoms with van der Waals surface area (Å²) in [5.41, 5.74) is 0. The number of nitrogens with one attached hydrogen (secondary N) is 1. The molecule has 0 aromatic rings. The largest absolute Gasteiger partial charge is 0.349 e. The van der Waals surface area contributed by atoms with E-state index in [-0.39, 0.29) is 5.91 Å². The molecular weight excluding hydrogens is 128 g/mol. The van der Waals surface area contributed by atoms with Gasteiger partial charge in [-0.1, -0.05) is 0 Å². The highest BCUT2D eigenvalue weighted by molar-refractivity contribution is 5.76. The van der Waals surface area contributed by atoms with E-state index in [9.17, 15) is 4.79 Å². The fraction of sp³-hybridized carbons (Fsp3) is 0.857. The van der Waals surface area contributed by atoms with E-state index in [1.165, 1.54) is 0 Å². The van der Waals surface area contributed by atoms with Crippen LogP contribution in [0.4, 0.5) is 0 Å². The van der Waals surface area contributed by atoms with Crippen molar-refractivity contribution < 1.29 is 4.79 Å². The van der Waals surface area contributed by atoms with Crippen LogP contribution >= 0.6 is 0 Å². The summed E-state index contributed by atoms with van der Waals surface area (Å²) in [4.78, 5) is 12.7. The summed E-state index contributed by atoms with van der Waals surface area (Å²) in [6, 6.07) is 0.454. The number of rotatable bonds is 2. The average molecular weight is 142 g/mol. The van der Waals surface area contributed by atoms with Crippen LogP contribution in [0.1, 0.15) is 12.8 Å². The Morgan fingerprint density at radius 2 is 2.30 bits per heavy atom. The van der Waals surface area contributed by atoms with E-state index in [0.29, 0.717) is 12.5 Å². The van der Waals surface area contributed by atoms with Gasteiger partial charge < -0.3 is 10.2 Å². The van der Waals surface area contributed by atoms with Gasteiger partial charge in [0.25, 0.3) is 0 Å². The van der Waals surface area contributed by atoms with E-state index >= 15 is 0 Å². The van der Waals surface area contributed by atoms with Crippen LogP contribution in [-0.2, 0) is 4.79 Å². The summed E-state index contributed by atoms with van der Waals surface area (Å²) in [7, 11) is 3.59. The lowest BCUT2D eigenvalue weighted by atomic mass is 10.0. The summed E-state index contributed by atoms with van der Waals surface area (Å²) in [5, 5.41) is 3.18. The molecule has 1 heterocycles. The summed E-state index contributed by atoms with van der Waals surface area (Å²) in [6.45, 7) is 1.07. The zero-order chi connectivity index (χ0) is 7.56. The van der Waals surface area contributed by atoms with E-state index in [2.05, 4.69) is 5.32 Å². The van der Waals surface area contributed by atoms with Crippen molar-refractivity contribution >= 4 is 5.91 Å². The zero-order valence-corrected chi connectivity index (χ0v) is 6.55. The summed E-state index contributed by atoms with van der Waals surface area (Å²) >= 11 is 0. The molecule has 1 rings (SSSR count). The van der Waals surface area contributed by atoms with E-state index in [4.69, 9.17) is 0 Å². The lowest BCUT2D eigenvalue weighted by molar-refractivity contribution is -0.129. The lowest BCUT2D eigenvalue weighted by Gasteiger charge is -2.27. The van der Waals surface area contributed by atoms with Crippen LogP contribution in [0.2, 0.25) is 0 Å².